The SMILES string of the molecule is CC[Si](CC)(CC)O[C@@H]1[C@@H](C)[C@H](O[Si](CC)(CC)CC)[C@@H]2[C@@H]1C=C(C)[C@H]1C/C=C(\C)CC[C@H]([C@H](C)C(=O)N(C)OC)OC(=O)C(Br)=C[C@@H]21. The molecule has 9 atom stereocenters. The number of halogens is 1. The molecule has 0 radical (unpaired) electrons. The second-order valence-corrected chi connectivity index (χ2v) is 25.2. The van der Waals surface area contributed by atoms with E-state index in [9.17, 15) is 9.59 Å². The van der Waals surface area contributed by atoms with Gasteiger partial charge in [-0.05, 0) is 110 Å². The summed E-state index contributed by atoms with van der Waals surface area (Å²) in [6, 6.07) is 6.62. The zero-order valence-corrected chi connectivity index (χ0v) is 35.7. The van der Waals surface area contributed by atoms with Gasteiger partial charge in [-0.3, -0.25) is 9.63 Å². The highest BCUT2D eigenvalue weighted by molar-refractivity contribution is 9.12. The number of carbonyl (C=O) groups is 2. The zero-order chi connectivity index (χ0) is 36.0. The molecule has 0 aromatic heterocycles. The van der Waals surface area contributed by atoms with Crippen LogP contribution in [0.25, 0.3) is 0 Å². The van der Waals surface area contributed by atoms with Gasteiger partial charge in [0, 0.05) is 18.9 Å². The Labute approximate surface area is 303 Å². The third-order valence-corrected chi connectivity index (χ3v) is 22.6. The Balaban J connectivity index is 2.17. The minimum Gasteiger partial charge on any atom is -0.458 e. The lowest BCUT2D eigenvalue weighted by Crippen LogP contribution is -2.46. The van der Waals surface area contributed by atoms with E-state index in [2.05, 4.69) is 96.5 Å². The molecule has 1 heterocycles. The van der Waals surface area contributed by atoms with Crippen LogP contribution in [0.3, 0.4) is 0 Å². The maximum atomic E-state index is 13.9. The standard InChI is InChI=1S/C38H66BrNO6Si2/c1-13-47(14-2,15-3)45-35-28(10)36(46-48(16-4,17-5)18-6)34-30-24-32(39)38(42)44-33(27(9)37(41)40(11)43-12)22-20-25(7)19-21-29(30)26(8)23-31(34)35/h19,23-24,27-31,33-36H,13-18,20-22H2,1-12H3/b25-19+,32-24?/t27-,28+,29+,30+,31-,33+,34-,35+,36-/m0/s1. The molecule has 274 valence electrons. The maximum absolute atomic E-state index is 13.9. The lowest BCUT2D eigenvalue weighted by atomic mass is 9.66. The van der Waals surface area contributed by atoms with Crippen molar-refractivity contribution in [2.75, 3.05) is 14.2 Å². The Kier molecular flexibility index (Phi) is 15.5. The number of hydrogen-bond acceptors (Lipinski definition) is 6. The average molecular weight is 769 g/mol. The summed E-state index contributed by atoms with van der Waals surface area (Å²) in [6.07, 6.45) is 8.80. The smallest absolute Gasteiger partial charge is 0.345 e. The van der Waals surface area contributed by atoms with Gasteiger partial charge in [0.1, 0.15) is 6.10 Å². The number of cyclic esters (lactones) is 1. The molecule has 10 heteroatoms. The van der Waals surface area contributed by atoms with Crippen molar-refractivity contribution in [3.63, 3.8) is 0 Å². The molecule has 0 aromatic rings. The van der Waals surface area contributed by atoms with E-state index in [4.69, 9.17) is 18.4 Å². The second-order valence-electron chi connectivity index (χ2n) is 14.9. The summed E-state index contributed by atoms with van der Waals surface area (Å²) in [5.74, 6) is -0.271. The highest BCUT2D eigenvalue weighted by Gasteiger charge is 2.57. The maximum Gasteiger partial charge on any atom is 0.345 e. The first-order chi connectivity index (χ1) is 22.7. The van der Waals surface area contributed by atoms with Gasteiger partial charge in [-0.1, -0.05) is 77.8 Å². The number of ether oxygens (including phenoxy) is 1. The lowest BCUT2D eigenvalue weighted by Gasteiger charge is -2.43. The summed E-state index contributed by atoms with van der Waals surface area (Å²) in [6.45, 7) is 22.5. The number of hydrogen-bond donors (Lipinski definition) is 0. The van der Waals surface area contributed by atoms with E-state index in [0.717, 1.165) is 49.1 Å². The number of amides is 1. The molecule has 0 bridgehead atoms. The monoisotopic (exact) mass is 767 g/mol. The number of nitrogens with zero attached hydrogens (tertiary/aromatic N) is 1. The van der Waals surface area contributed by atoms with Crippen molar-refractivity contribution in [2.45, 2.75) is 143 Å². The van der Waals surface area contributed by atoms with Gasteiger partial charge in [0.15, 0.2) is 16.6 Å². The molecule has 0 N–H and O–H groups in total. The summed E-state index contributed by atoms with van der Waals surface area (Å²) in [7, 11) is -0.840. The van der Waals surface area contributed by atoms with E-state index in [1.807, 2.05) is 6.92 Å². The molecule has 1 aliphatic heterocycles. The largest absolute Gasteiger partial charge is 0.458 e. The molecule has 1 saturated carbocycles. The Morgan fingerprint density at radius 1 is 0.958 bits per heavy atom. The fourth-order valence-electron chi connectivity index (χ4n) is 8.70. The third kappa shape index (κ3) is 8.87. The normalized spacial score (nSPS) is 31.9. The highest BCUT2D eigenvalue weighted by Crippen LogP contribution is 2.55. The lowest BCUT2D eigenvalue weighted by molar-refractivity contribution is -0.178. The molecule has 0 saturated heterocycles. The van der Waals surface area contributed by atoms with Crippen LogP contribution < -0.4 is 0 Å². The second kappa shape index (κ2) is 17.9. The van der Waals surface area contributed by atoms with Gasteiger partial charge in [-0.2, -0.15) is 0 Å². The number of esters is 1. The zero-order valence-electron chi connectivity index (χ0n) is 32.1. The summed E-state index contributed by atoms with van der Waals surface area (Å²) in [5.41, 5.74) is 2.62. The summed E-state index contributed by atoms with van der Waals surface area (Å²) < 4.78 is 21.6. The van der Waals surface area contributed by atoms with E-state index in [1.54, 1.807) is 7.05 Å². The summed E-state index contributed by atoms with van der Waals surface area (Å²) >= 11 is 3.70. The Hall–Kier alpha value is -1.05. The molecular formula is C38H66BrNO6Si2. The Bertz CT molecular complexity index is 1180. The van der Waals surface area contributed by atoms with E-state index in [-0.39, 0.29) is 47.7 Å². The topological polar surface area (TPSA) is 74.3 Å². The molecular weight excluding hydrogens is 702 g/mol. The molecule has 2 aliphatic carbocycles. The fourth-order valence-corrected chi connectivity index (χ4v) is 15.0. The summed E-state index contributed by atoms with van der Waals surface area (Å²) in [4.78, 5) is 32.1. The number of carbonyl (C=O) groups excluding carboxylic acids is 2. The number of fused-ring (bicyclic) bond motifs is 3. The first-order valence-electron chi connectivity index (χ1n) is 18.8. The van der Waals surface area contributed by atoms with Crippen molar-refractivity contribution >= 4 is 44.4 Å². The van der Waals surface area contributed by atoms with Gasteiger partial charge in [0.25, 0.3) is 5.91 Å². The minimum absolute atomic E-state index is 0.0427. The number of allylic oxidation sites excluding steroid dienone is 4. The average Bonchev–Trinajstić information content (AvgIpc) is 3.34. The first kappa shape index (κ1) is 41.4. The molecule has 1 fully saturated rings. The van der Waals surface area contributed by atoms with Crippen LogP contribution in [0.4, 0.5) is 0 Å². The molecule has 48 heavy (non-hydrogen) atoms. The Morgan fingerprint density at radius 2 is 1.50 bits per heavy atom. The fraction of sp³-hybridized carbons (Fsp3) is 0.789. The molecule has 3 rings (SSSR count). The minimum atomic E-state index is -1.98. The molecule has 0 aromatic carbocycles. The van der Waals surface area contributed by atoms with Crippen molar-refractivity contribution < 1.29 is 28.0 Å². The van der Waals surface area contributed by atoms with Gasteiger partial charge in [-0.25, -0.2) is 9.86 Å². The van der Waals surface area contributed by atoms with Crippen molar-refractivity contribution in [3.8, 4) is 0 Å². The highest BCUT2D eigenvalue weighted by atomic mass is 79.9. The van der Waals surface area contributed by atoms with Crippen LogP contribution in [0, 0.1) is 35.5 Å². The van der Waals surface area contributed by atoms with Gasteiger partial charge in [0.05, 0.1) is 29.7 Å². The van der Waals surface area contributed by atoms with Crippen molar-refractivity contribution in [1.82, 2.24) is 5.06 Å². The quantitative estimate of drug-likeness (QED) is 0.0805. The van der Waals surface area contributed by atoms with E-state index in [1.165, 1.54) is 23.3 Å². The van der Waals surface area contributed by atoms with E-state index < -0.39 is 34.6 Å². The number of hydroxylamine groups is 2. The molecule has 0 spiro atoms. The van der Waals surface area contributed by atoms with Crippen molar-refractivity contribution in [2.24, 2.45) is 35.5 Å². The van der Waals surface area contributed by atoms with Crippen LogP contribution in [-0.2, 0) is 28.0 Å². The van der Waals surface area contributed by atoms with Crippen LogP contribution in [-0.4, -0.2) is 66.0 Å². The first-order valence-corrected chi connectivity index (χ1v) is 24.7. The predicted molar refractivity (Wildman–Crippen MR) is 204 cm³/mol. The van der Waals surface area contributed by atoms with E-state index >= 15 is 0 Å². The van der Waals surface area contributed by atoms with Crippen LogP contribution in [0.5, 0.6) is 0 Å². The third-order valence-electron chi connectivity index (χ3n) is 12.7. The van der Waals surface area contributed by atoms with Crippen molar-refractivity contribution in [1.29, 1.82) is 0 Å². The Morgan fingerprint density at radius 3 is 2.02 bits per heavy atom. The van der Waals surface area contributed by atoms with Gasteiger partial charge >= 0.3 is 5.97 Å². The van der Waals surface area contributed by atoms with Crippen molar-refractivity contribution in [3.05, 3.63) is 33.9 Å². The number of rotatable bonds is 13. The van der Waals surface area contributed by atoms with Crippen LogP contribution in [0.15, 0.2) is 33.9 Å². The molecule has 3 aliphatic rings. The molecule has 7 nitrogen and oxygen atoms in total. The van der Waals surface area contributed by atoms with Gasteiger partial charge < -0.3 is 13.6 Å². The van der Waals surface area contributed by atoms with Gasteiger partial charge in [-0.15, -0.1) is 0 Å². The van der Waals surface area contributed by atoms with Crippen LogP contribution >= 0.6 is 15.9 Å². The predicted octanol–water partition coefficient (Wildman–Crippen LogP) is 9.82. The van der Waals surface area contributed by atoms with E-state index in [0.29, 0.717) is 10.9 Å². The molecule has 1 amide bonds. The molecule has 0 unspecified atom stereocenters. The van der Waals surface area contributed by atoms with Gasteiger partial charge in [0.2, 0.25) is 0 Å². The summed E-state index contributed by atoms with van der Waals surface area (Å²) in [5, 5.41) is 1.21. The van der Waals surface area contributed by atoms with Crippen LogP contribution in [0.1, 0.15) is 88.5 Å². The van der Waals surface area contributed by atoms with Crippen LogP contribution in [0.2, 0.25) is 36.3 Å².